The number of carbonyl (C=O) groups is 1. The van der Waals surface area contributed by atoms with E-state index in [0.29, 0.717) is 9.80 Å². The molecule has 0 unspecified atom stereocenters. The van der Waals surface area contributed by atoms with Crippen LogP contribution >= 0.6 is 39.0 Å². The van der Waals surface area contributed by atoms with Gasteiger partial charge in [0, 0.05) is 19.6 Å². The number of rotatable bonds is 1. The molecule has 1 aromatic heterocycles. The molecule has 1 aromatic carbocycles. The predicted molar refractivity (Wildman–Crippen MR) is 85.9 cm³/mol. The largest absolute Gasteiger partial charge is 0.416 e. The summed E-state index contributed by atoms with van der Waals surface area (Å²) in [6.45, 7) is 0. The van der Waals surface area contributed by atoms with Gasteiger partial charge in [-0.25, -0.2) is 0 Å². The number of thiophene rings is 1. The molecule has 2 aromatic rings. The lowest BCUT2D eigenvalue weighted by atomic mass is 10.2. The standard InChI is InChI=1S/C14H7BrF3NOS2/c15-8-4-9(21-6-8)5-12-13(20)19-10-3-7(14(16,17)18)1-2-11(10)22-12/h1-6H,(H,19,20). The number of fused-ring (bicyclic) bond motifs is 1. The molecule has 0 spiro atoms. The summed E-state index contributed by atoms with van der Waals surface area (Å²) >= 11 is 5.96. The van der Waals surface area contributed by atoms with E-state index in [2.05, 4.69) is 21.2 Å². The van der Waals surface area contributed by atoms with Gasteiger partial charge in [0.05, 0.1) is 16.2 Å². The first-order chi connectivity index (χ1) is 10.3. The van der Waals surface area contributed by atoms with Gasteiger partial charge >= 0.3 is 6.18 Å². The fourth-order valence-corrected chi connectivity index (χ4v) is 4.24. The van der Waals surface area contributed by atoms with Crippen molar-refractivity contribution in [1.82, 2.24) is 0 Å². The van der Waals surface area contributed by atoms with Gasteiger partial charge in [0.15, 0.2) is 0 Å². The number of anilines is 1. The van der Waals surface area contributed by atoms with Gasteiger partial charge in [0.25, 0.3) is 5.91 Å². The minimum absolute atomic E-state index is 0.189. The van der Waals surface area contributed by atoms with E-state index in [9.17, 15) is 18.0 Å². The number of nitrogens with one attached hydrogen (secondary N) is 1. The van der Waals surface area contributed by atoms with Crippen LogP contribution < -0.4 is 5.32 Å². The second kappa shape index (κ2) is 5.75. The van der Waals surface area contributed by atoms with Crippen LogP contribution in [0.15, 0.2) is 43.9 Å². The van der Waals surface area contributed by atoms with Crippen molar-refractivity contribution < 1.29 is 18.0 Å². The normalized spacial score (nSPS) is 16.5. The molecule has 1 aliphatic heterocycles. The Balaban J connectivity index is 1.93. The van der Waals surface area contributed by atoms with Gasteiger partial charge in [-0.1, -0.05) is 11.8 Å². The van der Waals surface area contributed by atoms with E-state index in [1.807, 2.05) is 11.4 Å². The molecule has 3 rings (SSSR count). The second-order valence-corrected chi connectivity index (χ2v) is 7.38. The molecule has 1 aliphatic rings. The smallest absolute Gasteiger partial charge is 0.320 e. The van der Waals surface area contributed by atoms with E-state index < -0.39 is 17.6 Å². The summed E-state index contributed by atoms with van der Waals surface area (Å²) in [6, 6.07) is 5.22. The van der Waals surface area contributed by atoms with Crippen LogP contribution in [-0.4, -0.2) is 5.91 Å². The molecule has 0 saturated carbocycles. The first-order valence-electron chi connectivity index (χ1n) is 5.99. The van der Waals surface area contributed by atoms with Crippen molar-refractivity contribution in [3.05, 3.63) is 49.5 Å². The molecule has 0 saturated heterocycles. The van der Waals surface area contributed by atoms with Gasteiger partial charge in [-0.3, -0.25) is 4.79 Å². The molecule has 8 heteroatoms. The molecule has 22 heavy (non-hydrogen) atoms. The summed E-state index contributed by atoms with van der Waals surface area (Å²) in [5.74, 6) is -0.402. The lowest BCUT2D eigenvalue weighted by molar-refractivity contribution is -0.137. The molecule has 0 fully saturated rings. The summed E-state index contributed by atoms with van der Waals surface area (Å²) in [5, 5.41) is 4.40. The van der Waals surface area contributed by atoms with Crippen LogP contribution in [0.2, 0.25) is 0 Å². The molecular weight excluding hydrogens is 399 g/mol. The van der Waals surface area contributed by atoms with Crippen molar-refractivity contribution in [2.75, 3.05) is 5.32 Å². The Morgan fingerprint density at radius 2 is 2.00 bits per heavy atom. The number of hydrogen-bond acceptors (Lipinski definition) is 3. The summed E-state index contributed by atoms with van der Waals surface area (Å²) < 4.78 is 39.0. The molecule has 1 N–H and O–H groups in total. The highest BCUT2D eigenvalue weighted by Crippen LogP contribution is 2.42. The van der Waals surface area contributed by atoms with Gasteiger partial charge in [0.1, 0.15) is 0 Å². The highest BCUT2D eigenvalue weighted by Gasteiger charge is 2.32. The molecule has 1 amide bonds. The number of benzene rings is 1. The third kappa shape index (κ3) is 3.23. The number of thioether (sulfide) groups is 1. The Morgan fingerprint density at radius 3 is 2.64 bits per heavy atom. The third-order valence-corrected chi connectivity index (χ3v) is 5.60. The molecule has 114 valence electrons. The Kier molecular flexibility index (Phi) is 4.09. The third-order valence-electron chi connectivity index (χ3n) is 2.86. The first kappa shape index (κ1) is 15.6. The minimum atomic E-state index is -4.43. The number of halogens is 4. The fourth-order valence-electron chi connectivity index (χ4n) is 1.87. The monoisotopic (exact) mass is 405 g/mol. The van der Waals surface area contributed by atoms with E-state index in [1.165, 1.54) is 17.4 Å². The number of carbonyl (C=O) groups excluding carboxylic acids is 1. The van der Waals surface area contributed by atoms with Crippen molar-refractivity contribution >= 4 is 56.7 Å². The highest BCUT2D eigenvalue weighted by atomic mass is 79.9. The average molecular weight is 406 g/mol. The first-order valence-corrected chi connectivity index (χ1v) is 8.48. The van der Waals surface area contributed by atoms with Gasteiger partial charge < -0.3 is 5.32 Å². The number of hydrogen-bond donors (Lipinski definition) is 1. The van der Waals surface area contributed by atoms with Gasteiger partial charge in [-0.15, -0.1) is 11.3 Å². The van der Waals surface area contributed by atoms with Crippen molar-refractivity contribution in [3.8, 4) is 0 Å². The van der Waals surface area contributed by atoms with Crippen LogP contribution in [0.1, 0.15) is 10.4 Å². The van der Waals surface area contributed by atoms with E-state index in [0.717, 1.165) is 33.2 Å². The van der Waals surface area contributed by atoms with Crippen LogP contribution in [0.3, 0.4) is 0 Å². The second-order valence-electron chi connectivity index (χ2n) is 4.44. The Morgan fingerprint density at radius 1 is 1.23 bits per heavy atom. The topological polar surface area (TPSA) is 29.1 Å². The van der Waals surface area contributed by atoms with Crippen molar-refractivity contribution in [3.63, 3.8) is 0 Å². The van der Waals surface area contributed by atoms with Gasteiger partial charge in [-0.05, 0) is 46.3 Å². The predicted octanol–water partition coefficient (Wildman–Crippen LogP) is 5.61. The van der Waals surface area contributed by atoms with E-state index >= 15 is 0 Å². The molecular formula is C14H7BrF3NOS2. The lowest BCUT2D eigenvalue weighted by Gasteiger charge is -2.20. The van der Waals surface area contributed by atoms with Gasteiger partial charge in [-0.2, -0.15) is 13.2 Å². The van der Waals surface area contributed by atoms with Crippen molar-refractivity contribution in [2.24, 2.45) is 0 Å². The maximum atomic E-state index is 12.7. The zero-order valence-electron chi connectivity index (χ0n) is 10.7. The number of amides is 1. The van der Waals surface area contributed by atoms with E-state index in [4.69, 9.17) is 0 Å². The van der Waals surface area contributed by atoms with Crippen molar-refractivity contribution in [2.45, 2.75) is 11.1 Å². The Bertz CT molecular complexity index is 783. The highest BCUT2D eigenvalue weighted by molar-refractivity contribution is 9.10. The molecule has 2 nitrogen and oxygen atoms in total. The maximum absolute atomic E-state index is 12.7. The summed E-state index contributed by atoms with van der Waals surface area (Å²) in [4.78, 5) is 14.0. The van der Waals surface area contributed by atoms with Gasteiger partial charge in [0.2, 0.25) is 0 Å². The van der Waals surface area contributed by atoms with Crippen LogP contribution in [0, 0.1) is 0 Å². The van der Waals surface area contributed by atoms with Crippen molar-refractivity contribution in [1.29, 1.82) is 0 Å². The van der Waals surface area contributed by atoms with Crippen LogP contribution in [0.4, 0.5) is 18.9 Å². The Labute approximate surface area is 140 Å². The Hall–Kier alpha value is -1.25. The minimum Gasteiger partial charge on any atom is -0.320 e. The van der Waals surface area contributed by atoms with Crippen LogP contribution in [0.25, 0.3) is 6.08 Å². The average Bonchev–Trinajstić information content (AvgIpc) is 2.83. The summed E-state index contributed by atoms with van der Waals surface area (Å²) in [5.41, 5.74) is -0.587. The fraction of sp³-hybridized carbons (Fsp3) is 0.0714. The van der Waals surface area contributed by atoms with E-state index in [1.54, 1.807) is 6.08 Å². The molecule has 0 atom stereocenters. The molecule has 0 bridgehead atoms. The number of alkyl halides is 3. The zero-order chi connectivity index (χ0) is 15.9. The zero-order valence-corrected chi connectivity index (χ0v) is 13.9. The molecule has 2 heterocycles. The SMILES string of the molecule is O=C1Nc2cc(C(F)(F)F)ccc2SC1=Cc1cc(Br)cs1. The maximum Gasteiger partial charge on any atom is 0.416 e. The van der Waals surface area contributed by atoms with Crippen LogP contribution in [-0.2, 0) is 11.0 Å². The van der Waals surface area contributed by atoms with E-state index in [-0.39, 0.29) is 5.69 Å². The molecule has 0 aliphatic carbocycles. The quantitative estimate of drug-likeness (QED) is 0.624. The summed E-state index contributed by atoms with van der Waals surface area (Å²) in [7, 11) is 0. The lowest BCUT2D eigenvalue weighted by Crippen LogP contribution is -2.18. The molecule has 0 radical (unpaired) electrons. The van der Waals surface area contributed by atoms with Crippen LogP contribution in [0.5, 0.6) is 0 Å². The summed E-state index contributed by atoms with van der Waals surface area (Å²) in [6.07, 6.45) is -2.71.